The summed E-state index contributed by atoms with van der Waals surface area (Å²) in [4.78, 5) is 36.5. The van der Waals surface area contributed by atoms with Crippen LogP contribution in [0, 0.1) is 0 Å². The van der Waals surface area contributed by atoms with Crippen molar-refractivity contribution in [3.05, 3.63) is 89.0 Å². The van der Waals surface area contributed by atoms with Gasteiger partial charge < -0.3 is 20.5 Å². The van der Waals surface area contributed by atoms with E-state index >= 15 is 0 Å². The van der Waals surface area contributed by atoms with Gasteiger partial charge >= 0.3 is 5.97 Å². The van der Waals surface area contributed by atoms with Crippen LogP contribution in [0.1, 0.15) is 92.6 Å². The molecular weight excluding hydrogens is 504 g/mol. The Hall–Kier alpha value is -4.13. The van der Waals surface area contributed by atoms with E-state index in [4.69, 9.17) is 9.84 Å². The summed E-state index contributed by atoms with van der Waals surface area (Å²) in [5, 5.41) is 14.6. The van der Waals surface area contributed by atoms with Gasteiger partial charge in [0.05, 0.1) is 23.4 Å². The van der Waals surface area contributed by atoms with Gasteiger partial charge in [-0.3, -0.25) is 9.59 Å². The predicted octanol–water partition coefficient (Wildman–Crippen LogP) is 7.42. The largest absolute Gasteiger partial charge is 0.493 e. The number of benzene rings is 3. The highest BCUT2D eigenvalue weighted by atomic mass is 16.5. The molecule has 0 fully saturated rings. The predicted molar refractivity (Wildman–Crippen MR) is 160 cm³/mol. The minimum Gasteiger partial charge on any atom is -0.493 e. The summed E-state index contributed by atoms with van der Waals surface area (Å²) in [5.41, 5.74) is 3.75. The van der Waals surface area contributed by atoms with Gasteiger partial charge in [0, 0.05) is 12.1 Å². The Morgan fingerprint density at radius 2 is 1.48 bits per heavy atom. The van der Waals surface area contributed by atoms with Crippen LogP contribution in [-0.2, 0) is 15.6 Å². The quantitative estimate of drug-likeness (QED) is 0.230. The molecule has 0 aliphatic rings. The number of unbranched alkanes of at least 4 members (excludes halogenated alkanes) is 1. The number of ether oxygens (including phenoxy) is 1. The Morgan fingerprint density at radius 3 is 2.10 bits per heavy atom. The van der Waals surface area contributed by atoms with E-state index in [1.807, 2.05) is 0 Å². The number of aromatic carboxylic acids is 1. The topological polar surface area (TPSA) is 105 Å². The molecule has 0 spiro atoms. The molecule has 3 rings (SSSR count). The smallest absolute Gasteiger partial charge is 0.335 e. The van der Waals surface area contributed by atoms with E-state index in [9.17, 15) is 14.4 Å². The maximum atomic E-state index is 12.8. The fraction of sp³-hybridized carbons (Fsp3) is 0.364. The van der Waals surface area contributed by atoms with Gasteiger partial charge in [-0.2, -0.15) is 0 Å². The zero-order valence-corrected chi connectivity index (χ0v) is 24.3. The molecule has 0 atom stereocenters. The third-order valence-corrected chi connectivity index (χ3v) is 6.54. The van der Waals surface area contributed by atoms with E-state index in [0.29, 0.717) is 42.8 Å². The minimum atomic E-state index is -1.04. The Balaban J connectivity index is 1.53. The van der Waals surface area contributed by atoms with Crippen molar-refractivity contribution in [2.45, 2.75) is 71.6 Å². The molecular formula is C33H40N2O5. The summed E-state index contributed by atoms with van der Waals surface area (Å²) in [6.45, 7) is 13.6. The van der Waals surface area contributed by atoms with Gasteiger partial charge in [0.1, 0.15) is 5.75 Å². The van der Waals surface area contributed by atoms with Crippen molar-refractivity contribution < 1.29 is 24.2 Å². The third-order valence-electron chi connectivity index (χ3n) is 6.54. The van der Waals surface area contributed by atoms with E-state index in [0.717, 1.165) is 5.75 Å². The van der Waals surface area contributed by atoms with Gasteiger partial charge in [0.25, 0.3) is 5.91 Å². The number of anilines is 2. The molecule has 3 aromatic carbocycles. The lowest BCUT2D eigenvalue weighted by atomic mass is 9.80. The van der Waals surface area contributed by atoms with Crippen LogP contribution in [-0.4, -0.2) is 29.5 Å². The van der Waals surface area contributed by atoms with Crippen LogP contribution in [0.4, 0.5) is 11.4 Å². The van der Waals surface area contributed by atoms with Gasteiger partial charge in [-0.1, -0.05) is 65.8 Å². The summed E-state index contributed by atoms with van der Waals surface area (Å²) < 4.78 is 6.14. The highest BCUT2D eigenvalue weighted by Gasteiger charge is 2.23. The minimum absolute atomic E-state index is 0.0543. The lowest BCUT2D eigenvalue weighted by Crippen LogP contribution is -2.18. The standard InChI is InChI=1S/C33H40N2O5/c1-32(2,3)23-16-19-28(26(21-23)33(4,5)6)40-20-10-9-13-29(36)35-27-12-8-7-11-25(27)30(37)34-24-17-14-22(15-18-24)31(38)39/h7-8,11-12,14-19,21H,9-10,13,20H2,1-6H3,(H,34,37)(H,35,36)(H,38,39). The number of hydrogen-bond acceptors (Lipinski definition) is 4. The lowest BCUT2D eigenvalue weighted by molar-refractivity contribution is -0.116. The zero-order valence-electron chi connectivity index (χ0n) is 24.3. The summed E-state index contributed by atoms with van der Waals surface area (Å²) in [6, 6.07) is 19.1. The number of carbonyl (C=O) groups excluding carboxylic acids is 2. The molecule has 0 aromatic heterocycles. The zero-order chi connectivity index (χ0) is 29.5. The number of carboxylic acids is 1. The van der Waals surface area contributed by atoms with E-state index < -0.39 is 11.9 Å². The first-order valence-electron chi connectivity index (χ1n) is 13.6. The number of carboxylic acid groups (broad SMARTS) is 1. The van der Waals surface area contributed by atoms with Crippen LogP contribution < -0.4 is 15.4 Å². The van der Waals surface area contributed by atoms with Gasteiger partial charge in [0.2, 0.25) is 5.91 Å². The monoisotopic (exact) mass is 544 g/mol. The molecule has 0 heterocycles. The molecule has 7 nitrogen and oxygen atoms in total. The molecule has 3 aromatic rings. The SMILES string of the molecule is CC(C)(C)c1ccc(OCCCCC(=O)Nc2ccccc2C(=O)Nc2ccc(C(=O)O)cc2)c(C(C)(C)C)c1. The van der Waals surface area contributed by atoms with E-state index in [1.165, 1.54) is 35.4 Å². The Kier molecular flexibility index (Phi) is 9.74. The van der Waals surface area contributed by atoms with Crippen molar-refractivity contribution >= 4 is 29.2 Å². The third kappa shape index (κ3) is 8.43. The summed E-state index contributed by atoms with van der Waals surface area (Å²) in [6.07, 6.45) is 1.65. The maximum absolute atomic E-state index is 12.8. The number of rotatable bonds is 10. The number of hydrogen-bond donors (Lipinski definition) is 3. The van der Waals surface area contributed by atoms with E-state index in [2.05, 4.69) is 70.4 Å². The number of para-hydroxylation sites is 1. The average Bonchev–Trinajstić information content (AvgIpc) is 2.88. The summed E-state index contributed by atoms with van der Waals surface area (Å²) >= 11 is 0. The first-order valence-corrected chi connectivity index (χ1v) is 13.6. The fourth-order valence-corrected chi connectivity index (χ4v) is 4.18. The first kappa shape index (κ1) is 30.4. The second kappa shape index (κ2) is 12.8. The second-order valence-corrected chi connectivity index (χ2v) is 11.9. The molecule has 0 saturated carbocycles. The van der Waals surface area contributed by atoms with Crippen molar-refractivity contribution in [2.24, 2.45) is 0 Å². The van der Waals surface area contributed by atoms with Crippen LogP contribution >= 0.6 is 0 Å². The number of carbonyl (C=O) groups is 3. The van der Waals surface area contributed by atoms with Crippen molar-refractivity contribution in [2.75, 3.05) is 17.2 Å². The molecule has 7 heteroatoms. The maximum Gasteiger partial charge on any atom is 0.335 e. The summed E-state index contributed by atoms with van der Waals surface area (Å²) in [5.74, 6) is -0.750. The molecule has 0 unspecified atom stereocenters. The second-order valence-electron chi connectivity index (χ2n) is 11.9. The van der Waals surface area contributed by atoms with Crippen LogP contribution in [0.25, 0.3) is 0 Å². The molecule has 0 radical (unpaired) electrons. The molecule has 0 bridgehead atoms. The highest BCUT2D eigenvalue weighted by Crippen LogP contribution is 2.35. The normalized spacial score (nSPS) is 11.6. The van der Waals surface area contributed by atoms with Crippen LogP contribution in [0.2, 0.25) is 0 Å². The van der Waals surface area contributed by atoms with Crippen LogP contribution in [0.5, 0.6) is 5.75 Å². The highest BCUT2D eigenvalue weighted by molar-refractivity contribution is 6.10. The van der Waals surface area contributed by atoms with Crippen molar-refractivity contribution in [3.8, 4) is 5.75 Å². The summed E-state index contributed by atoms with van der Waals surface area (Å²) in [7, 11) is 0. The van der Waals surface area contributed by atoms with E-state index in [1.54, 1.807) is 24.3 Å². The molecule has 0 saturated heterocycles. The Bertz CT molecular complexity index is 1350. The van der Waals surface area contributed by atoms with Gasteiger partial charge in [-0.25, -0.2) is 4.79 Å². The van der Waals surface area contributed by atoms with Gasteiger partial charge in [0.15, 0.2) is 0 Å². The number of amides is 2. The van der Waals surface area contributed by atoms with Gasteiger partial charge in [-0.05, 0) is 77.3 Å². The Labute approximate surface area is 237 Å². The fourth-order valence-electron chi connectivity index (χ4n) is 4.18. The lowest BCUT2D eigenvalue weighted by Gasteiger charge is -2.27. The van der Waals surface area contributed by atoms with E-state index in [-0.39, 0.29) is 22.3 Å². The van der Waals surface area contributed by atoms with Gasteiger partial charge in [-0.15, -0.1) is 0 Å². The molecule has 2 amide bonds. The van der Waals surface area contributed by atoms with Crippen molar-refractivity contribution in [1.29, 1.82) is 0 Å². The van der Waals surface area contributed by atoms with Crippen molar-refractivity contribution in [3.63, 3.8) is 0 Å². The van der Waals surface area contributed by atoms with Crippen LogP contribution in [0.15, 0.2) is 66.7 Å². The average molecular weight is 545 g/mol. The molecule has 3 N–H and O–H groups in total. The molecule has 40 heavy (non-hydrogen) atoms. The number of nitrogens with one attached hydrogen (secondary N) is 2. The first-order chi connectivity index (χ1) is 18.8. The molecule has 212 valence electrons. The molecule has 0 aliphatic carbocycles. The van der Waals surface area contributed by atoms with Crippen LogP contribution in [0.3, 0.4) is 0 Å². The Morgan fingerprint density at radius 1 is 0.800 bits per heavy atom. The molecule has 0 aliphatic heterocycles. The van der Waals surface area contributed by atoms with Crippen molar-refractivity contribution in [1.82, 2.24) is 0 Å².